The zero-order valence-corrected chi connectivity index (χ0v) is 35.3. The van der Waals surface area contributed by atoms with Crippen molar-refractivity contribution in [3.63, 3.8) is 0 Å². The van der Waals surface area contributed by atoms with Gasteiger partial charge < -0.3 is 9.30 Å². The summed E-state index contributed by atoms with van der Waals surface area (Å²) in [7, 11) is 0. The fourth-order valence-corrected chi connectivity index (χ4v) is 7.57. The number of pyridine rings is 1. The number of benzene rings is 4. The monoisotopic (exact) mass is 806 g/mol. The second kappa shape index (κ2) is 14.6. The van der Waals surface area contributed by atoms with E-state index in [9.17, 15) is 0 Å². The van der Waals surface area contributed by atoms with Crippen molar-refractivity contribution >= 4 is 21.8 Å². The molecule has 0 N–H and O–H groups in total. The average molecular weight is 807 g/mol. The number of rotatable bonds is 7. The summed E-state index contributed by atoms with van der Waals surface area (Å²) in [5, 5.41) is 7.45. The van der Waals surface area contributed by atoms with Gasteiger partial charge in [0, 0.05) is 34.5 Å². The largest absolute Gasteiger partial charge is 2.00 e. The van der Waals surface area contributed by atoms with Crippen LogP contribution in [0.4, 0.5) is 0 Å². The molecule has 0 bridgehead atoms. The van der Waals surface area contributed by atoms with Gasteiger partial charge in [0.1, 0.15) is 5.82 Å². The van der Waals surface area contributed by atoms with Crippen LogP contribution in [0.2, 0.25) is 0 Å². The summed E-state index contributed by atoms with van der Waals surface area (Å²) < 4.78 is 10.9. The molecule has 280 valence electrons. The molecule has 0 amide bonds. The minimum absolute atomic E-state index is 0. The predicted octanol–water partition coefficient (Wildman–Crippen LogP) is 12.9. The predicted molar refractivity (Wildman–Crippen MR) is 220 cm³/mol. The molecule has 0 radical (unpaired) electrons. The van der Waals surface area contributed by atoms with E-state index in [1.165, 1.54) is 27.8 Å². The summed E-state index contributed by atoms with van der Waals surface area (Å²) in [6.07, 6.45) is 1.90. The topological polar surface area (TPSA) is 44.9 Å². The number of aryl methyl sites for hydroxylation is 1. The van der Waals surface area contributed by atoms with E-state index in [0.717, 1.165) is 50.3 Å². The Labute approximate surface area is 335 Å². The van der Waals surface area contributed by atoms with E-state index in [-0.39, 0.29) is 37.2 Å². The molecule has 7 rings (SSSR count). The molecule has 0 fully saturated rings. The first-order chi connectivity index (χ1) is 25.0. The molecule has 0 aliphatic carbocycles. The number of aromatic nitrogens is 4. The first kappa shape index (κ1) is 39.2. The zero-order chi connectivity index (χ0) is 38.0. The molecule has 0 aliphatic rings. The minimum Gasteiger partial charge on any atom is -0.509 e. The van der Waals surface area contributed by atoms with E-state index in [1.54, 1.807) is 0 Å². The molecule has 0 atom stereocenters. The Morgan fingerprint density at radius 2 is 1.33 bits per heavy atom. The number of nitrogens with zero attached hydrogens (tertiary/aromatic N) is 4. The first-order valence-electron chi connectivity index (χ1n) is 18.9. The number of ether oxygens (including phenoxy) is 1. The summed E-state index contributed by atoms with van der Waals surface area (Å²) in [6, 6.07) is 35.2. The standard InChI is InChI=1S/C48H52N4O.Pd/c1-29(2)33-22-23-49-44(26-33)51-42-19-14-13-16-38(42)39-21-20-36(28-43(39)51)53-37-25-34(30(3)4)24-35(27-37)52-32(6)45(31(5)50-52)46-40(47(7,8)9)17-15-18-41(46)48(10,11)12;/h13-26,29-30H,1-12H3;/q-2;+2. The Bertz CT molecular complexity index is 2450. The van der Waals surface area contributed by atoms with Gasteiger partial charge >= 0.3 is 20.4 Å². The van der Waals surface area contributed by atoms with Crippen LogP contribution in [0.15, 0.2) is 85.1 Å². The van der Waals surface area contributed by atoms with Crippen LogP contribution in [0.25, 0.3) is 44.4 Å². The van der Waals surface area contributed by atoms with Gasteiger partial charge in [-0.1, -0.05) is 111 Å². The van der Waals surface area contributed by atoms with Crippen LogP contribution in [-0.2, 0) is 31.3 Å². The molecule has 3 aromatic heterocycles. The quantitative estimate of drug-likeness (QED) is 0.119. The van der Waals surface area contributed by atoms with Crippen molar-refractivity contribution in [2.75, 3.05) is 0 Å². The third-order valence-corrected chi connectivity index (χ3v) is 10.4. The van der Waals surface area contributed by atoms with Gasteiger partial charge in [-0.3, -0.25) is 4.68 Å². The van der Waals surface area contributed by atoms with E-state index in [4.69, 9.17) is 14.8 Å². The van der Waals surface area contributed by atoms with Gasteiger partial charge in [-0.05, 0) is 88.0 Å². The summed E-state index contributed by atoms with van der Waals surface area (Å²) >= 11 is 0. The van der Waals surface area contributed by atoms with Gasteiger partial charge in [-0.25, -0.2) is 4.98 Å². The van der Waals surface area contributed by atoms with E-state index >= 15 is 0 Å². The van der Waals surface area contributed by atoms with Crippen LogP contribution in [0.5, 0.6) is 11.5 Å². The summed E-state index contributed by atoms with van der Waals surface area (Å²) in [5.41, 5.74) is 12.4. The Kier molecular flexibility index (Phi) is 10.6. The van der Waals surface area contributed by atoms with Crippen LogP contribution in [0, 0.1) is 26.0 Å². The van der Waals surface area contributed by atoms with E-state index in [2.05, 4.69) is 173 Å². The Balaban J connectivity index is 0.00000497. The molecule has 7 aromatic rings. The maximum absolute atomic E-state index is 6.69. The van der Waals surface area contributed by atoms with E-state index in [0.29, 0.717) is 17.4 Å². The average Bonchev–Trinajstić information content (AvgIpc) is 3.59. The Morgan fingerprint density at radius 3 is 1.98 bits per heavy atom. The molecule has 0 aliphatic heterocycles. The fourth-order valence-electron chi connectivity index (χ4n) is 7.57. The van der Waals surface area contributed by atoms with Crippen molar-refractivity contribution in [3.05, 3.63) is 131 Å². The van der Waals surface area contributed by atoms with Crippen molar-refractivity contribution in [3.8, 4) is 34.1 Å². The van der Waals surface area contributed by atoms with Gasteiger partial charge in [0.05, 0.1) is 5.69 Å². The zero-order valence-electron chi connectivity index (χ0n) is 33.8. The van der Waals surface area contributed by atoms with Crippen molar-refractivity contribution in [2.24, 2.45) is 0 Å². The van der Waals surface area contributed by atoms with E-state index < -0.39 is 0 Å². The third-order valence-electron chi connectivity index (χ3n) is 10.4. The summed E-state index contributed by atoms with van der Waals surface area (Å²) in [4.78, 5) is 4.82. The molecule has 54 heavy (non-hydrogen) atoms. The number of hydrogen-bond acceptors (Lipinski definition) is 3. The van der Waals surface area contributed by atoms with Gasteiger partial charge in [0.25, 0.3) is 0 Å². The van der Waals surface area contributed by atoms with Crippen LogP contribution in [0.3, 0.4) is 0 Å². The number of fused-ring (bicyclic) bond motifs is 3. The second-order valence-corrected chi connectivity index (χ2v) is 17.1. The molecular formula is C48H52N4OPd. The second-order valence-electron chi connectivity index (χ2n) is 17.1. The van der Waals surface area contributed by atoms with Gasteiger partial charge in [0.2, 0.25) is 0 Å². The van der Waals surface area contributed by atoms with Gasteiger partial charge in [-0.15, -0.1) is 41.3 Å². The van der Waals surface area contributed by atoms with Gasteiger partial charge in [0.15, 0.2) is 0 Å². The van der Waals surface area contributed by atoms with Crippen LogP contribution < -0.4 is 4.74 Å². The molecule has 4 aromatic carbocycles. The Hall–Kier alpha value is -4.50. The molecule has 0 unspecified atom stereocenters. The van der Waals surface area contributed by atoms with E-state index in [1.807, 2.05) is 16.9 Å². The number of para-hydroxylation sites is 1. The molecule has 0 spiro atoms. The smallest absolute Gasteiger partial charge is 0.509 e. The van der Waals surface area contributed by atoms with Crippen molar-refractivity contribution < 1.29 is 25.2 Å². The van der Waals surface area contributed by atoms with Crippen LogP contribution in [0.1, 0.15) is 115 Å². The molecule has 5 nitrogen and oxygen atoms in total. The molecular weight excluding hydrogens is 755 g/mol. The molecule has 6 heteroatoms. The van der Waals surface area contributed by atoms with Gasteiger partial charge in [-0.2, -0.15) is 11.2 Å². The molecule has 3 heterocycles. The van der Waals surface area contributed by atoms with Crippen molar-refractivity contribution in [1.29, 1.82) is 0 Å². The maximum Gasteiger partial charge on any atom is 2.00 e. The minimum atomic E-state index is -0.0428. The van der Waals surface area contributed by atoms with Crippen LogP contribution >= 0.6 is 0 Å². The maximum atomic E-state index is 6.69. The first-order valence-corrected chi connectivity index (χ1v) is 18.9. The molecule has 0 saturated carbocycles. The summed E-state index contributed by atoms with van der Waals surface area (Å²) in [6.45, 7) is 26.9. The van der Waals surface area contributed by atoms with Crippen LogP contribution in [-0.4, -0.2) is 19.3 Å². The summed E-state index contributed by atoms with van der Waals surface area (Å²) in [5.74, 6) is 2.77. The fraction of sp³-hybridized carbons (Fsp3) is 0.333. The Morgan fingerprint density at radius 1 is 0.667 bits per heavy atom. The third kappa shape index (κ3) is 7.19. The SMILES string of the molecule is Cc1nn(-c2[c-]c(Oc3[c-]c4c(cc3)c3ccccc3n4-c3cc(C(C)C)ccn3)cc(C(C)C)c2)c(C)c1-c1c(C(C)(C)C)cccc1C(C)(C)C.[Pd+2]. The molecule has 0 saturated heterocycles. The normalized spacial score (nSPS) is 12.3. The van der Waals surface area contributed by atoms with Crippen molar-refractivity contribution in [1.82, 2.24) is 19.3 Å². The number of hydrogen-bond donors (Lipinski definition) is 0. The van der Waals surface area contributed by atoms with Crippen molar-refractivity contribution in [2.45, 2.75) is 106 Å².